The average Bonchev–Trinajstić information content (AvgIpc) is 2.79. The Morgan fingerprint density at radius 1 is 1.57 bits per heavy atom. The first-order chi connectivity index (χ1) is 10.7. The van der Waals surface area contributed by atoms with Crippen molar-refractivity contribution in [3.05, 3.63) is 11.5 Å². The van der Waals surface area contributed by atoms with Gasteiger partial charge < -0.3 is 20.4 Å². The Morgan fingerprint density at radius 2 is 2.26 bits per heavy atom. The lowest BCUT2D eigenvalue weighted by molar-refractivity contribution is 0.0512. The van der Waals surface area contributed by atoms with E-state index in [9.17, 15) is 10.1 Å². The van der Waals surface area contributed by atoms with Gasteiger partial charge in [0.25, 0.3) is 0 Å². The van der Waals surface area contributed by atoms with Crippen LogP contribution in [-0.2, 0) is 11.3 Å². The van der Waals surface area contributed by atoms with Crippen molar-refractivity contribution >= 4 is 34.8 Å². The number of nitrogens with zero attached hydrogens (tertiary/aromatic N) is 5. The van der Waals surface area contributed by atoms with Crippen LogP contribution in [0.25, 0.3) is 11.2 Å². The number of carbonyl (C=O) groups is 1. The molecule has 0 bridgehead atoms. The Bertz CT molecular complexity index is 775. The van der Waals surface area contributed by atoms with E-state index >= 15 is 0 Å². The molecule has 3 N–H and O–H groups in total. The number of nitrogen functional groups attached to an aromatic ring is 1. The Morgan fingerprint density at radius 3 is 2.87 bits per heavy atom. The highest BCUT2D eigenvalue weighted by atomic mass is 35.5. The number of aromatic nitrogens is 4. The summed E-state index contributed by atoms with van der Waals surface area (Å²) in [6.45, 7) is 5.32. The van der Waals surface area contributed by atoms with Gasteiger partial charge in [-0.3, -0.25) is 0 Å². The molecule has 2 aromatic rings. The van der Waals surface area contributed by atoms with Crippen LogP contribution in [0.1, 0.15) is 20.8 Å². The molecule has 2 heterocycles. The summed E-state index contributed by atoms with van der Waals surface area (Å²) in [5.74, 6) is -0.00198. The first kappa shape index (κ1) is 16.8. The molecule has 0 saturated carbocycles. The summed E-state index contributed by atoms with van der Waals surface area (Å²) in [4.78, 5) is 23.7. The molecule has 9 nitrogen and oxygen atoms in total. The number of anilines is 1. The van der Waals surface area contributed by atoms with E-state index in [0.29, 0.717) is 11.2 Å². The summed E-state index contributed by atoms with van der Waals surface area (Å²) in [6.07, 6.45) is 0.770. The molecule has 0 spiro atoms. The molecule has 23 heavy (non-hydrogen) atoms. The van der Waals surface area contributed by atoms with E-state index in [0.717, 1.165) is 0 Å². The third-order valence-electron chi connectivity index (χ3n) is 2.66. The zero-order valence-electron chi connectivity index (χ0n) is 12.9. The molecule has 1 unspecified atom stereocenters. The van der Waals surface area contributed by atoms with Crippen LogP contribution < -0.4 is 11.1 Å². The summed E-state index contributed by atoms with van der Waals surface area (Å²) in [7, 11) is 0. The summed E-state index contributed by atoms with van der Waals surface area (Å²) >= 11 is 5.94. The molecule has 0 saturated heterocycles. The number of alkyl carbamates (subject to hydrolysis) is 1. The van der Waals surface area contributed by atoms with E-state index in [1.165, 1.54) is 6.33 Å². The lowest BCUT2D eigenvalue weighted by Crippen LogP contribution is -2.40. The Hall–Kier alpha value is -2.60. The average molecular weight is 338 g/mol. The second-order valence-electron chi connectivity index (χ2n) is 5.77. The van der Waals surface area contributed by atoms with Crippen LogP contribution in [0.2, 0.25) is 5.15 Å². The number of halogens is 1. The van der Waals surface area contributed by atoms with Crippen molar-refractivity contribution in [1.29, 1.82) is 5.26 Å². The van der Waals surface area contributed by atoms with Gasteiger partial charge >= 0.3 is 6.09 Å². The molecule has 0 fully saturated rings. The number of nitriles is 1. The topological polar surface area (TPSA) is 132 Å². The summed E-state index contributed by atoms with van der Waals surface area (Å²) in [5.41, 5.74) is 5.67. The van der Waals surface area contributed by atoms with Crippen LogP contribution >= 0.6 is 11.6 Å². The quantitative estimate of drug-likeness (QED) is 0.810. The first-order valence-electron chi connectivity index (χ1n) is 6.72. The van der Waals surface area contributed by atoms with Crippen molar-refractivity contribution in [2.24, 2.45) is 0 Å². The molecule has 0 aromatic carbocycles. The molecular weight excluding hydrogens is 322 g/mol. The van der Waals surface area contributed by atoms with Gasteiger partial charge in [0.05, 0.1) is 18.9 Å². The number of amides is 1. The van der Waals surface area contributed by atoms with Crippen LogP contribution in [0.5, 0.6) is 0 Å². The number of rotatable bonds is 3. The maximum Gasteiger partial charge on any atom is 0.408 e. The van der Waals surface area contributed by atoms with Gasteiger partial charge in [-0.25, -0.2) is 9.78 Å². The van der Waals surface area contributed by atoms with Crippen molar-refractivity contribution in [2.45, 2.75) is 39.0 Å². The smallest absolute Gasteiger partial charge is 0.408 e. The van der Waals surface area contributed by atoms with Crippen molar-refractivity contribution in [1.82, 2.24) is 24.8 Å². The Labute approximate surface area is 137 Å². The van der Waals surface area contributed by atoms with Crippen LogP contribution in [0, 0.1) is 11.3 Å². The van der Waals surface area contributed by atoms with Gasteiger partial charge in [0.15, 0.2) is 10.8 Å². The van der Waals surface area contributed by atoms with Gasteiger partial charge in [-0.05, 0) is 20.8 Å². The molecule has 0 radical (unpaired) electrons. The molecule has 2 aromatic heterocycles. The first-order valence-corrected chi connectivity index (χ1v) is 7.10. The number of imidazole rings is 1. The number of nitrogens with two attached hydrogens (primary N) is 1. The molecule has 0 aliphatic heterocycles. The van der Waals surface area contributed by atoms with Crippen LogP contribution in [0.15, 0.2) is 6.33 Å². The van der Waals surface area contributed by atoms with Gasteiger partial charge in [-0.15, -0.1) is 0 Å². The van der Waals surface area contributed by atoms with E-state index in [1.54, 1.807) is 25.3 Å². The van der Waals surface area contributed by atoms with Crippen LogP contribution in [-0.4, -0.2) is 37.3 Å². The molecule has 1 amide bonds. The molecule has 0 aliphatic rings. The molecule has 0 aliphatic carbocycles. The Balaban J connectivity index is 2.17. The fourth-order valence-electron chi connectivity index (χ4n) is 1.82. The largest absolute Gasteiger partial charge is 0.444 e. The lowest BCUT2D eigenvalue weighted by atomic mass is 10.2. The number of fused-ring (bicyclic) bond motifs is 1. The van der Waals surface area contributed by atoms with Gasteiger partial charge in [-0.1, -0.05) is 11.6 Å². The van der Waals surface area contributed by atoms with E-state index in [2.05, 4.69) is 20.3 Å². The summed E-state index contributed by atoms with van der Waals surface area (Å²) < 4.78 is 6.68. The van der Waals surface area contributed by atoms with E-state index in [4.69, 9.17) is 22.1 Å². The second kappa shape index (κ2) is 6.26. The molecule has 122 valence electrons. The van der Waals surface area contributed by atoms with Crippen molar-refractivity contribution < 1.29 is 9.53 Å². The highest BCUT2D eigenvalue weighted by molar-refractivity contribution is 6.33. The zero-order valence-corrected chi connectivity index (χ0v) is 13.6. The third kappa shape index (κ3) is 4.20. The number of carbonyl (C=O) groups excluding carboxylic acids is 1. The third-order valence-corrected chi connectivity index (χ3v) is 2.93. The number of nitrogens with one attached hydrogen (secondary N) is 1. The number of hydrogen-bond acceptors (Lipinski definition) is 7. The maximum absolute atomic E-state index is 11.8. The van der Waals surface area contributed by atoms with Crippen molar-refractivity contribution in [3.63, 3.8) is 0 Å². The van der Waals surface area contributed by atoms with E-state index in [-0.39, 0.29) is 17.6 Å². The van der Waals surface area contributed by atoms with Crippen molar-refractivity contribution in [3.8, 4) is 6.07 Å². The van der Waals surface area contributed by atoms with Gasteiger partial charge in [0.2, 0.25) is 5.95 Å². The van der Waals surface area contributed by atoms with Crippen molar-refractivity contribution in [2.75, 3.05) is 5.73 Å². The minimum Gasteiger partial charge on any atom is -0.444 e. The van der Waals surface area contributed by atoms with Gasteiger partial charge in [0.1, 0.15) is 17.2 Å². The minimum absolute atomic E-state index is 0.00198. The standard InChI is InChI=1S/C13H16ClN7O2/c1-13(2,3)23-12(22)18-7(4-15)5-21-6-17-8-9(14)19-11(16)20-10(8)21/h6-7H,5H2,1-3H3,(H,18,22)(H2,16,19,20). The van der Waals surface area contributed by atoms with Crippen LogP contribution in [0.4, 0.5) is 10.7 Å². The zero-order chi connectivity index (χ0) is 17.2. The highest BCUT2D eigenvalue weighted by Gasteiger charge is 2.20. The maximum atomic E-state index is 11.8. The van der Waals surface area contributed by atoms with Gasteiger partial charge in [-0.2, -0.15) is 15.2 Å². The Kier molecular flexibility index (Phi) is 4.56. The minimum atomic E-state index is -0.836. The normalized spacial score (nSPS) is 12.7. The van der Waals surface area contributed by atoms with E-state index in [1.807, 2.05) is 6.07 Å². The number of ether oxygens (including phenoxy) is 1. The SMILES string of the molecule is CC(C)(C)OC(=O)NC(C#N)Cn1cnc2c(Cl)nc(N)nc21. The summed E-state index contributed by atoms with van der Waals surface area (Å²) in [5, 5.41) is 11.8. The summed E-state index contributed by atoms with van der Waals surface area (Å²) in [6, 6.07) is 1.15. The highest BCUT2D eigenvalue weighted by Crippen LogP contribution is 2.19. The predicted molar refractivity (Wildman–Crippen MR) is 83.5 cm³/mol. The second-order valence-corrected chi connectivity index (χ2v) is 6.13. The predicted octanol–water partition coefficient (Wildman–Crippen LogP) is 1.48. The molecule has 1 atom stereocenters. The fraction of sp³-hybridized carbons (Fsp3) is 0.462. The fourth-order valence-corrected chi connectivity index (χ4v) is 2.04. The molecule has 10 heteroatoms. The monoisotopic (exact) mass is 337 g/mol. The molecular formula is C13H16ClN7O2. The number of hydrogen-bond donors (Lipinski definition) is 2. The van der Waals surface area contributed by atoms with Crippen LogP contribution in [0.3, 0.4) is 0 Å². The van der Waals surface area contributed by atoms with Gasteiger partial charge in [0, 0.05) is 0 Å². The van der Waals surface area contributed by atoms with E-state index < -0.39 is 17.7 Å². The molecule has 2 rings (SSSR count). The lowest BCUT2D eigenvalue weighted by Gasteiger charge is -2.21.